The van der Waals surface area contributed by atoms with Crippen LogP contribution in [0, 0.1) is 111 Å². The largest absolute Gasteiger partial charge is 0.477 e. The van der Waals surface area contributed by atoms with Gasteiger partial charge in [0.1, 0.15) is 82.3 Å². The molecule has 14 rings (SSSR count). The van der Waals surface area contributed by atoms with E-state index in [1.165, 1.54) is 61.4 Å². The van der Waals surface area contributed by atoms with Crippen LogP contribution in [0.3, 0.4) is 0 Å². The van der Waals surface area contributed by atoms with Crippen LogP contribution in [0.15, 0.2) is 232 Å². The Balaban J connectivity index is 0.000000643. The number of aryl methyl sites for hydroxylation is 3. The first-order valence-electron chi connectivity index (χ1n) is 30.6. The van der Waals surface area contributed by atoms with Gasteiger partial charge in [-0.2, -0.15) is 0 Å². The Hall–Kier alpha value is -11.5. The fourth-order valence-electron chi connectivity index (χ4n) is 7.76. The van der Waals surface area contributed by atoms with Gasteiger partial charge in [-0.15, -0.1) is 30.3 Å². The number of carboxylic acid groups (broad SMARTS) is 4. The van der Waals surface area contributed by atoms with Crippen molar-refractivity contribution in [2.75, 3.05) is 0 Å². The van der Waals surface area contributed by atoms with Crippen molar-refractivity contribution in [1.29, 1.82) is 0 Å². The molecule has 0 saturated heterocycles. The van der Waals surface area contributed by atoms with E-state index in [0.29, 0.717) is 28.5 Å². The molecule has 0 saturated carbocycles. The zero-order chi connectivity index (χ0) is 79.2. The summed E-state index contributed by atoms with van der Waals surface area (Å²) in [4.78, 5) is 89.9. The summed E-state index contributed by atoms with van der Waals surface area (Å²) in [5, 5.41) is 33.3. The van der Waals surface area contributed by atoms with Gasteiger partial charge in [0.15, 0.2) is 0 Å². The van der Waals surface area contributed by atoms with E-state index in [9.17, 15) is 63.1 Å². The van der Waals surface area contributed by atoms with Gasteiger partial charge >= 0.3 is 23.9 Å². The number of hydrogen-bond acceptors (Lipinski definition) is 18. The molecule has 0 spiro atoms. The van der Waals surface area contributed by atoms with Crippen LogP contribution in [0.25, 0.3) is 56.3 Å². The smallest absolute Gasteiger partial charge is 0.354 e. The molecule has 0 atom stereocenters. The van der Waals surface area contributed by atoms with Gasteiger partial charge in [-0.05, 0) is 128 Å². The van der Waals surface area contributed by atoms with Crippen molar-refractivity contribution >= 4 is 23.9 Å². The molecule has 114 heavy (non-hydrogen) atoms. The van der Waals surface area contributed by atoms with Gasteiger partial charge < -0.3 is 45.3 Å². The van der Waals surface area contributed by atoms with Crippen LogP contribution in [0.4, 0.5) is 43.9 Å². The Morgan fingerprint density at radius 1 is 0.254 bits per heavy atom. The summed E-state index contributed by atoms with van der Waals surface area (Å²) in [7, 11) is 0. The molecule has 14 heterocycles. The maximum Gasteiger partial charge on any atom is 0.354 e. The van der Waals surface area contributed by atoms with Gasteiger partial charge in [-0.1, -0.05) is 142 Å². The van der Waals surface area contributed by atoms with Crippen LogP contribution in [-0.2, 0) is 101 Å². The zero-order valence-electron chi connectivity index (χ0n) is 58.1. The minimum absolute atomic E-state index is 0. The van der Waals surface area contributed by atoms with E-state index in [0.717, 1.165) is 47.0 Å². The molecule has 597 valence electrons. The van der Waals surface area contributed by atoms with Gasteiger partial charge in [0.25, 0.3) is 0 Å². The molecule has 0 aromatic carbocycles. The van der Waals surface area contributed by atoms with Gasteiger partial charge in [0, 0.05) is 156 Å². The number of hydrogen-bond donors (Lipinski definition) is 4. The van der Waals surface area contributed by atoms with Crippen molar-refractivity contribution in [1.82, 2.24) is 69.8 Å². The summed E-state index contributed by atoms with van der Waals surface area (Å²) >= 11 is 0. The number of aromatic nitrogens is 14. The first-order valence-corrected chi connectivity index (χ1v) is 30.6. The predicted molar refractivity (Wildman–Crippen MR) is 370 cm³/mol. The SMILES string of the molecule is Cc1ccnc(-c2[c-]cc(F)nc2F)c1.Cc1ccnc(-c2[c-]cc(F)nc2F)c1.Cc1ccnc(-c2[c-]cc(F)nc2F)c1.Fc1c[c-]c(-c2ccccn2)c(F)n1.Fc1c[c-]c(-c2ccccn2)c(F)n1.O=C(O)c1ccccn1.O=C(O)c1ccccn1.O=C(O)c1ccccn1.O=C(O)c1ccccn1.[Ir].[Ir].[Ir].[Ir].[Ir]. The number of carboxylic acids is 4. The van der Waals surface area contributed by atoms with Crippen molar-refractivity contribution in [3.05, 3.63) is 361 Å². The Kier molecular flexibility index (Phi) is 47.2. The summed E-state index contributed by atoms with van der Waals surface area (Å²) in [5.41, 5.74) is 5.53. The van der Waals surface area contributed by atoms with Gasteiger partial charge in [0.2, 0.25) is 0 Å². The first kappa shape index (κ1) is 101. The van der Waals surface area contributed by atoms with Crippen LogP contribution in [-0.4, -0.2) is 114 Å². The molecule has 0 unspecified atom stereocenters. The van der Waals surface area contributed by atoms with E-state index in [2.05, 4.69) is 100 Å². The van der Waals surface area contributed by atoms with Crippen molar-refractivity contribution in [3.63, 3.8) is 0 Å². The molecule has 0 aliphatic carbocycles. The summed E-state index contributed by atoms with van der Waals surface area (Å²) in [5.74, 6) is -12.9. The molecule has 22 nitrogen and oxygen atoms in total. The van der Waals surface area contributed by atoms with Crippen LogP contribution >= 0.6 is 0 Å². The Labute approximate surface area is 710 Å². The molecule has 0 aliphatic heterocycles. The predicted octanol–water partition coefficient (Wildman–Crippen LogP) is 15.1. The number of aromatic carboxylic acids is 4. The van der Waals surface area contributed by atoms with Crippen LogP contribution < -0.4 is 0 Å². The third kappa shape index (κ3) is 35.5. The molecule has 0 fully saturated rings. The van der Waals surface area contributed by atoms with E-state index in [4.69, 9.17) is 20.4 Å². The Morgan fingerprint density at radius 3 is 0.588 bits per heavy atom. The Morgan fingerprint density at radius 2 is 0.439 bits per heavy atom. The molecule has 14 aromatic heterocycles. The molecule has 0 bridgehead atoms. The first-order chi connectivity index (χ1) is 52.3. The summed E-state index contributed by atoms with van der Waals surface area (Å²) < 4.78 is 129. The number of nitrogens with zero attached hydrogens (tertiary/aromatic N) is 14. The van der Waals surface area contributed by atoms with Crippen molar-refractivity contribution in [3.8, 4) is 56.3 Å². The molecule has 5 radical (unpaired) electrons. The molecule has 4 N–H and O–H groups in total. The quantitative estimate of drug-likeness (QED) is 0.0592. The van der Waals surface area contributed by atoms with E-state index in [1.807, 2.05) is 20.8 Å². The van der Waals surface area contributed by atoms with Gasteiger partial charge in [-0.3, -0.25) is 24.9 Å². The van der Waals surface area contributed by atoms with Gasteiger partial charge in [0.05, 0.1) is 0 Å². The fraction of sp³-hybridized carbons (Fsp3) is 0.0390. The number of pyridine rings is 14. The minimum atomic E-state index is -0.990. The molecular weight excluding hydrogens is 2400 g/mol. The second-order valence-corrected chi connectivity index (χ2v) is 20.6. The minimum Gasteiger partial charge on any atom is -0.477 e. The second-order valence-electron chi connectivity index (χ2n) is 20.6. The number of carbonyl (C=O) groups is 4. The number of halogens is 10. The maximum absolute atomic E-state index is 13.2. The number of rotatable bonds is 9. The normalized spacial score (nSPS) is 9.38. The third-order valence-corrected chi connectivity index (χ3v) is 12.6. The molecule has 0 aliphatic rings. The van der Waals surface area contributed by atoms with Gasteiger partial charge in [-0.25, -0.2) is 83.0 Å². The monoisotopic (exact) mass is 2450 g/mol. The average Bonchev–Trinajstić information content (AvgIpc) is 0.811. The van der Waals surface area contributed by atoms with Crippen molar-refractivity contribution < 1.29 is 184 Å². The second kappa shape index (κ2) is 53.5. The third-order valence-electron chi connectivity index (χ3n) is 12.6. The summed E-state index contributed by atoms with van der Waals surface area (Å²) in [6, 6.07) is 56.7. The van der Waals surface area contributed by atoms with E-state index in [-0.39, 0.29) is 151 Å². The standard InChI is InChI=1S/3C11H7F2N2.2C10H5F2N2.4C6H5NO2.5Ir/c3*1-7-4-5-14-9(6-7)8-2-3-10(12)15-11(8)13;2*11-9-5-4-7(10(12)14-9)8-3-1-2-6-13-8;4*8-6(9)5-3-1-2-4-7-5;;;;;/h3*3-6H,1H3;2*1-3,5-6H;4*1-4H,(H,8,9);;;;;/q5*-1;;;;;;;;;. The van der Waals surface area contributed by atoms with Crippen LogP contribution in [0.2, 0.25) is 0 Å². The fourth-order valence-corrected chi connectivity index (χ4v) is 7.76. The van der Waals surface area contributed by atoms with Crippen molar-refractivity contribution in [2.24, 2.45) is 0 Å². The van der Waals surface area contributed by atoms with Crippen molar-refractivity contribution in [2.45, 2.75) is 20.8 Å². The summed E-state index contributed by atoms with van der Waals surface area (Å²) in [6.07, 6.45) is 13.5. The molecule has 37 heteroatoms. The Bertz CT molecular complexity index is 4780. The zero-order valence-corrected chi connectivity index (χ0v) is 70.0. The molecule has 0 amide bonds. The van der Waals surface area contributed by atoms with Crippen LogP contribution in [0.5, 0.6) is 0 Å². The van der Waals surface area contributed by atoms with E-state index < -0.39 is 83.4 Å². The van der Waals surface area contributed by atoms with E-state index in [1.54, 1.807) is 140 Å². The summed E-state index contributed by atoms with van der Waals surface area (Å²) in [6.45, 7) is 5.58. The topological polar surface area (TPSA) is 330 Å². The van der Waals surface area contributed by atoms with E-state index >= 15 is 0 Å². The molecule has 14 aromatic rings. The van der Waals surface area contributed by atoms with Crippen LogP contribution in [0.1, 0.15) is 58.6 Å². The average molecular weight is 2450 g/mol. The molecular formula is C77H51F10Ir5N14O8-5. The maximum atomic E-state index is 13.2.